The predicted molar refractivity (Wildman–Crippen MR) is 119 cm³/mol. The highest BCUT2D eigenvalue weighted by Gasteiger charge is 2.17. The van der Waals surface area contributed by atoms with Gasteiger partial charge in [-0.05, 0) is 31.5 Å². The van der Waals surface area contributed by atoms with Crippen LogP contribution in [0.2, 0.25) is 0 Å². The van der Waals surface area contributed by atoms with Gasteiger partial charge in [0.25, 0.3) is 5.56 Å². The molecule has 3 heterocycles. The number of benzene rings is 1. The molecule has 178 valence electrons. The van der Waals surface area contributed by atoms with Gasteiger partial charge in [-0.2, -0.15) is 5.10 Å². The van der Waals surface area contributed by atoms with E-state index in [0.717, 1.165) is 22.9 Å². The second-order valence-corrected chi connectivity index (χ2v) is 7.92. The molecule has 0 spiro atoms. The molecule has 0 aliphatic rings. The third-order valence-corrected chi connectivity index (χ3v) is 5.37. The van der Waals surface area contributed by atoms with E-state index in [9.17, 15) is 28.2 Å². The molecular weight excluding hydrogens is 451 g/mol. The Balaban J connectivity index is 1.70. The Labute approximate surface area is 191 Å². The summed E-state index contributed by atoms with van der Waals surface area (Å²) < 4.78 is 45.1. The van der Waals surface area contributed by atoms with E-state index >= 15 is 0 Å². The van der Waals surface area contributed by atoms with Crippen LogP contribution in [0, 0.1) is 17.5 Å². The average Bonchev–Trinajstić information content (AvgIpc) is 3.21. The number of pyridine rings is 2. The molecule has 0 radical (unpaired) electrons. The highest BCUT2D eigenvalue weighted by atomic mass is 19.1. The molecule has 3 aromatic heterocycles. The average molecular weight is 473 g/mol. The Hall–Kier alpha value is -3.70. The van der Waals surface area contributed by atoms with Crippen LogP contribution in [0.25, 0.3) is 16.6 Å². The molecule has 11 heteroatoms. The highest BCUT2D eigenvalue weighted by molar-refractivity contribution is 5.78. The van der Waals surface area contributed by atoms with Gasteiger partial charge < -0.3 is 15.5 Å². The van der Waals surface area contributed by atoms with Crippen LogP contribution in [0.3, 0.4) is 0 Å². The first-order chi connectivity index (χ1) is 16.3. The number of anilines is 1. The molecule has 1 aromatic carbocycles. The van der Waals surface area contributed by atoms with Crippen molar-refractivity contribution in [1.82, 2.24) is 19.3 Å². The third kappa shape index (κ3) is 4.66. The fourth-order valence-corrected chi connectivity index (χ4v) is 3.72. The zero-order chi connectivity index (χ0) is 24.4. The van der Waals surface area contributed by atoms with Gasteiger partial charge in [-0.25, -0.2) is 18.2 Å². The quantitative estimate of drug-likeness (QED) is 0.363. The van der Waals surface area contributed by atoms with Crippen molar-refractivity contribution in [2.24, 2.45) is 0 Å². The first kappa shape index (κ1) is 23.5. The number of halogens is 3. The molecule has 0 saturated heterocycles. The summed E-state index contributed by atoms with van der Waals surface area (Å²) in [5.41, 5.74) is -0.542. The smallest absolute Gasteiger partial charge is 0.266 e. The van der Waals surface area contributed by atoms with E-state index in [1.54, 1.807) is 6.92 Å². The van der Waals surface area contributed by atoms with Crippen LogP contribution in [0.4, 0.5) is 19.0 Å². The summed E-state index contributed by atoms with van der Waals surface area (Å²) in [6, 6.07) is 5.82. The van der Waals surface area contributed by atoms with Crippen LogP contribution in [-0.4, -0.2) is 48.3 Å². The maximum absolute atomic E-state index is 14.6. The molecule has 3 N–H and O–H groups in total. The predicted octanol–water partition coefficient (Wildman–Crippen LogP) is 2.59. The van der Waals surface area contributed by atoms with E-state index in [0.29, 0.717) is 5.52 Å². The number of nitrogens with one attached hydrogen (secondary N) is 1. The summed E-state index contributed by atoms with van der Waals surface area (Å²) in [5, 5.41) is 26.2. The summed E-state index contributed by atoms with van der Waals surface area (Å²) >= 11 is 0. The van der Waals surface area contributed by atoms with Crippen LogP contribution in [-0.2, 0) is 6.54 Å². The fourth-order valence-electron chi connectivity index (χ4n) is 3.72. The Bertz CT molecular complexity index is 1370. The monoisotopic (exact) mass is 473 g/mol. The van der Waals surface area contributed by atoms with Crippen molar-refractivity contribution in [3.63, 3.8) is 0 Å². The van der Waals surface area contributed by atoms with Crippen LogP contribution >= 0.6 is 0 Å². The van der Waals surface area contributed by atoms with Crippen LogP contribution < -0.4 is 10.9 Å². The number of aromatic nitrogens is 4. The Morgan fingerprint density at radius 2 is 1.85 bits per heavy atom. The molecular formula is C23H22F3N5O3. The van der Waals surface area contributed by atoms with E-state index in [2.05, 4.69) is 15.4 Å². The van der Waals surface area contributed by atoms with E-state index in [4.69, 9.17) is 0 Å². The normalized spacial score (nSPS) is 13.2. The minimum atomic E-state index is -0.760. The van der Waals surface area contributed by atoms with Crippen molar-refractivity contribution in [1.29, 1.82) is 0 Å². The molecule has 4 aromatic rings. The largest absolute Gasteiger partial charge is 0.394 e. The molecule has 0 bridgehead atoms. The Kier molecular flexibility index (Phi) is 6.66. The number of rotatable bonds is 8. The first-order valence-corrected chi connectivity index (χ1v) is 10.5. The van der Waals surface area contributed by atoms with E-state index in [1.165, 1.54) is 35.3 Å². The lowest BCUT2D eigenvalue weighted by atomic mass is 10.1. The molecule has 34 heavy (non-hydrogen) atoms. The first-order valence-electron chi connectivity index (χ1n) is 10.5. The fraction of sp³-hybridized carbons (Fsp3) is 0.261. The van der Waals surface area contributed by atoms with Gasteiger partial charge in [0.2, 0.25) is 0 Å². The maximum Gasteiger partial charge on any atom is 0.266 e. The summed E-state index contributed by atoms with van der Waals surface area (Å²) in [6.45, 7) is 1.06. The number of nitrogens with zero attached hydrogens (tertiary/aromatic N) is 4. The lowest BCUT2D eigenvalue weighted by Gasteiger charge is -2.19. The molecule has 0 amide bonds. The molecule has 0 aliphatic carbocycles. The zero-order valence-electron chi connectivity index (χ0n) is 18.1. The standard InChI is InChI=1S/C23H22F3N5O3/c1-13(33)7-14(12-32)29-22-8-21(19(26)10-27-22)30-6-5-20-15(23(30)34)9-28-31(20)11-16-17(24)3-2-4-18(16)25/h2-6,8-10,13-14,32-33H,7,11-12H2,1H3,(H,27,29)/t13?,14-/m0/s1. The van der Waals surface area contributed by atoms with Gasteiger partial charge in [0.15, 0.2) is 5.82 Å². The van der Waals surface area contributed by atoms with E-state index < -0.39 is 35.2 Å². The van der Waals surface area contributed by atoms with Crippen molar-refractivity contribution in [2.75, 3.05) is 11.9 Å². The van der Waals surface area contributed by atoms with Gasteiger partial charge >= 0.3 is 0 Å². The van der Waals surface area contributed by atoms with Gasteiger partial charge in [0.05, 0.1) is 54.3 Å². The van der Waals surface area contributed by atoms with Crippen molar-refractivity contribution in [3.05, 3.63) is 82.3 Å². The van der Waals surface area contributed by atoms with Gasteiger partial charge in [-0.3, -0.25) is 14.0 Å². The summed E-state index contributed by atoms with van der Waals surface area (Å²) in [5.74, 6) is -2.02. The van der Waals surface area contributed by atoms with Crippen LogP contribution in [0.5, 0.6) is 0 Å². The molecule has 8 nitrogen and oxygen atoms in total. The molecule has 2 atom stereocenters. The van der Waals surface area contributed by atoms with Crippen molar-refractivity contribution >= 4 is 16.7 Å². The number of aliphatic hydroxyl groups is 2. The molecule has 0 aliphatic heterocycles. The minimum Gasteiger partial charge on any atom is -0.394 e. The van der Waals surface area contributed by atoms with Crippen LogP contribution in [0.1, 0.15) is 18.9 Å². The third-order valence-electron chi connectivity index (χ3n) is 5.37. The number of hydrogen-bond acceptors (Lipinski definition) is 6. The van der Waals surface area contributed by atoms with Crippen molar-refractivity contribution in [3.8, 4) is 5.69 Å². The van der Waals surface area contributed by atoms with Crippen LogP contribution in [0.15, 0.2) is 53.7 Å². The van der Waals surface area contributed by atoms with Gasteiger partial charge in [-0.1, -0.05) is 6.07 Å². The second kappa shape index (κ2) is 9.65. The SMILES string of the molecule is CC(O)C[C@@H](CO)Nc1cc(-n2ccc3c(cnn3Cc3c(F)cccc3F)c2=O)c(F)cn1. The topological polar surface area (TPSA) is 105 Å². The zero-order valence-corrected chi connectivity index (χ0v) is 18.1. The molecule has 0 saturated carbocycles. The molecule has 4 rings (SSSR count). The number of aliphatic hydroxyl groups excluding tert-OH is 2. The summed E-state index contributed by atoms with van der Waals surface area (Å²) in [4.78, 5) is 17.0. The lowest BCUT2D eigenvalue weighted by Crippen LogP contribution is -2.28. The van der Waals surface area contributed by atoms with E-state index in [1.807, 2.05) is 0 Å². The van der Waals surface area contributed by atoms with E-state index in [-0.39, 0.29) is 42.0 Å². The highest BCUT2D eigenvalue weighted by Crippen LogP contribution is 2.20. The second-order valence-electron chi connectivity index (χ2n) is 7.92. The Morgan fingerprint density at radius 3 is 2.53 bits per heavy atom. The summed E-state index contributed by atoms with van der Waals surface area (Å²) in [7, 11) is 0. The van der Waals surface area contributed by atoms with Gasteiger partial charge in [-0.15, -0.1) is 0 Å². The lowest BCUT2D eigenvalue weighted by molar-refractivity contribution is 0.159. The van der Waals surface area contributed by atoms with Gasteiger partial charge in [0, 0.05) is 17.8 Å². The maximum atomic E-state index is 14.6. The van der Waals surface area contributed by atoms with Crippen molar-refractivity contribution in [2.45, 2.75) is 32.0 Å². The molecule has 1 unspecified atom stereocenters. The summed E-state index contributed by atoms with van der Waals surface area (Å²) in [6.07, 6.45) is 3.09. The van der Waals surface area contributed by atoms with Crippen molar-refractivity contribution < 1.29 is 23.4 Å². The number of fused-ring (bicyclic) bond motifs is 1. The molecule has 0 fully saturated rings. The minimum absolute atomic E-state index is 0.0916. The number of hydrogen-bond donors (Lipinski definition) is 3. The van der Waals surface area contributed by atoms with Gasteiger partial charge in [0.1, 0.15) is 17.5 Å². The Morgan fingerprint density at radius 1 is 1.12 bits per heavy atom.